The van der Waals surface area contributed by atoms with Gasteiger partial charge in [0.25, 0.3) is 0 Å². The molecule has 0 aromatic carbocycles. The van der Waals surface area contributed by atoms with Crippen LogP contribution in [0.2, 0.25) is 0 Å². The lowest BCUT2D eigenvalue weighted by Crippen LogP contribution is -2.68. The van der Waals surface area contributed by atoms with Gasteiger partial charge in [0.15, 0.2) is 0 Å². The lowest BCUT2D eigenvalue weighted by atomic mass is 10.1. The summed E-state index contributed by atoms with van der Waals surface area (Å²) in [5, 5.41) is 3.11. The summed E-state index contributed by atoms with van der Waals surface area (Å²) in [7, 11) is 0. The van der Waals surface area contributed by atoms with Crippen molar-refractivity contribution in [2.45, 2.75) is 39.0 Å². The summed E-state index contributed by atoms with van der Waals surface area (Å²) in [5.74, 6) is 0. The lowest BCUT2D eigenvalue weighted by molar-refractivity contribution is 0.0353. The quantitative estimate of drug-likeness (QED) is 0.501. The molecule has 2 atom stereocenters. The van der Waals surface area contributed by atoms with Gasteiger partial charge in [-0.2, -0.15) is 0 Å². The van der Waals surface area contributed by atoms with Gasteiger partial charge in [-0.15, -0.1) is 0 Å². The molecule has 0 amide bonds. The molecular formula is C10H25N3O2. The van der Waals surface area contributed by atoms with Crippen molar-refractivity contribution in [3.8, 4) is 0 Å². The van der Waals surface area contributed by atoms with Crippen molar-refractivity contribution in [1.82, 2.24) is 5.32 Å². The van der Waals surface area contributed by atoms with Crippen molar-refractivity contribution < 1.29 is 9.47 Å². The fourth-order valence-corrected chi connectivity index (χ4v) is 1.35. The van der Waals surface area contributed by atoms with Gasteiger partial charge in [0.2, 0.25) is 0 Å². The molecule has 92 valence electrons. The Kier molecular flexibility index (Phi) is 6.31. The Morgan fingerprint density at radius 2 is 1.27 bits per heavy atom. The van der Waals surface area contributed by atoms with E-state index in [-0.39, 0.29) is 0 Å². The fraction of sp³-hybridized carbons (Fsp3) is 1.00. The number of nitrogens with two attached hydrogens (primary N) is 2. The second kappa shape index (κ2) is 6.40. The van der Waals surface area contributed by atoms with E-state index in [4.69, 9.17) is 20.9 Å². The molecule has 5 heteroatoms. The van der Waals surface area contributed by atoms with Crippen LogP contribution in [0.4, 0.5) is 0 Å². The molecule has 0 radical (unpaired) electrons. The van der Waals surface area contributed by atoms with Crippen LogP contribution in [-0.2, 0) is 9.47 Å². The number of nitrogens with one attached hydrogen (secondary N) is 1. The summed E-state index contributed by atoms with van der Waals surface area (Å²) in [6, 6.07) is 0. The van der Waals surface area contributed by atoms with Crippen LogP contribution in [-0.4, -0.2) is 37.8 Å². The van der Waals surface area contributed by atoms with E-state index in [0.717, 1.165) is 0 Å². The van der Waals surface area contributed by atoms with Crippen LogP contribution in [0.3, 0.4) is 0 Å². The van der Waals surface area contributed by atoms with Crippen LogP contribution in [0, 0.1) is 0 Å². The average molecular weight is 219 g/mol. The van der Waals surface area contributed by atoms with E-state index in [2.05, 4.69) is 5.32 Å². The SMILES string of the molecule is CCOCC(C)(N)NC(C)(N)COCC. The Labute approximate surface area is 92.5 Å². The van der Waals surface area contributed by atoms with Gasteiger partial charge in [-0.3, -0.25) is 5.32 Å². The Balaban J connectivity index is 4.04. The predicted octanol–water partition coefficient (Wildman–Crippen LogP) is -0.00120. The molecule has 0 aliphatic rings. The molecule has 5 nitrogen and oxygen atoms in total. The van der Waals surface area contributed by atoms with Gasteiger partial charge in [0.1, 0.15) is 0 Å². The molecule has 0 bridgehead atoms. The smallest absolute Gasteiger partial charge is 0.0888 e. The highest BCUT2D eigenvalue weighted by molar-refractivity contribution is 4.86. The summed E-state index contributed by atoms with van der Waals surface area (Å²) in [4.78, 5) is 0. The third-order valence-electron chi connectivity index (χ3n) is 1.78. The van der Waals surface area contributed by atoms with E-state index in [0.29, 0.717) is 26.4 Å². The van der Waals surface area contributed by atoms with Crippen molar-refractivity contribution in [2.75, 3.05) is 26.4 Å². The Morgan fingerprint density at radius 3 is 1.53 bits per heavy atom. The normalized spacial score (nSPS) is 19.6. The molecule has 0 aromatic rings. The largest absolute Gasteiger partial charge is 0.378 e. The van der Waals surface area contributed by atoms with Gasteiger partial charge in [0, 0.05) is 13.2 Å². The second-order valence-corrected chi connectivity index (χ2v) is 4.23. The zero-order chi connectivity index (χ0) is 11.9. The Hall–Kier alpha value is -0.200. The van der Waals surface area contributed by atoms with E-state index < -0.39 is 11.3 Å². The van der Waals surface area contributed by atoms with Gasteiger partial charge < -0.3 is 20.9 Å². The third-order valence-corrected chi connectivity index (χ3v) is 1.78. The molecule has 2 unspecified atom stereocenters. The zero-order valence-corrected chi connectivity index (χ0v) is 10.3. The third kappa shape index (κ3) is 7.70. The van der Waals surface area contributed by atoms with Crippen LogP contribution >= 0.6 is 0 Å². The minimum Gasteiger partial charge on any atom is -0.378 e. The summed E-state index contributed by atoms with van der Waals surface area (Å²) < 4.78 is 10.5. The number of ether oxygens (including phenoxy) is 2. The van der Waals surface area contributed by atoms with E-state index >= 15 is 0 Å². The van der Waals surface area contributed by atoms with Crippen LogP contribution in [0.25, 0.3) is 0 Å². The minimum absolute atomic E-state index is 0.419. The number of hydrogen-bond acceptors (Lipinski definition) is 5. The van der Waals surface area contributed by atoms with Crippen LogP contribution in [0.15, 0.2) is 0 Å². The van der Waals surface area contributed by atoms with Crippen molar-refractivity contribution >= 4 is 0 Å². The maximum Gasteiger partial charge on any atom is 0.0888 e. The van der Waals surface area contributed by atoms with Crippen molar-refractivity contribution in [2.24, 2.45) is 11.5 Å². The molecule has 15 heavy (non-hydrogen) atoms. The average Bonchev–Trinajstić information content (AvgIpc) is 2.10. The summed E-state index contributed by atoms with van der Waals surface area (Å²) >= 11 is 0. The standard InChI is InChI=1S/C10H25N3O2/c1-5-14-7-9(3,11)13-10(4,12)8-15-6-2/h13H,5-8,11-12H2,1-4H3. The molecule has 0 saturated heterocycles. The minimum atomic E-state index is -0.642. The first kappa shape index (κ1) is 14.8. The van der Waals surface area contributed by atoms with Crippen molar-refractivity contribution in [1.29, 1.82) is 0 Å². The first-order valence-corrected chi connectivity index (χ1v) is 5.35. The Bertz CT molecular complexity index is 154. The van der Waals surface area contributed by atoms with Crippen LogP contribution in [0.1, 0.15) is 27.7 Å². The monoisotopic (exact) mass is 219 g/mol. The van der Waals surface area contributed by atoms with Crippen LogP contribution in [0.5, 0.6) is 0 Å². The molecule has 0 aliphatic heterocycles. The van der Waals surface area contributed by atoms with Gasteiger partial charge in [-0.05, 0) is 27.7 Å². The predicted molar refractivity (Wildman–Crippen MR) is 61.3 cm³/mol. The summed E-state index contributed by atoms with van der Waals surface area (Å²) in [6.07, 6.45) is 0. The molecule has 0 aliphatic carbocycles. The highest BCUT2D eigenvalue weighted by Gasteiger charge is 2.28. The fourth-order valence-electron chi connectivity index (χ4n) is 1.35. The zero-order valence-electron chi connectivity index (χ0n) is 10.3. The molecule has 0 spiro atoms. The Morgan fingerprint density at radius 1 is 0.933 bits per heavy atom. The van der Waals surface area contributed by atoms with Gasteiger partial charge in [-0.25, -0.2) is 0 Å². The molecule has 0 saturated carbocycles. The lowest BCUT2D eigenvalue weighted by Gasteiger charge is -2.36. The second-order valence-electron chi connectivity index (χ2n) is 4.23. The van der Waals surface area contributed by atoms with Gasteiger partial charge >= 0.3 is 0 Å². The van der Waals surface area contributed by atoms with Gasteiger partial charge in [0.05, 0.1) is 24.5 Å². The topological polar surface area (TPSA) is 82.5 Å². The first-order chi connectivity index (χ1) is 6.83. The molecule has 5 N–H and O–H groups in total. The summed E-state index contributed by atoms with van der Waals surface area (Å²) in [5.41, 5.74) is 10.7. The maximum atomic E-state index is 5.99. The first-order valence-electron chi connectivity index (χ1n) is 5.35. The van der Waals surface area contributed by atoms with Crippen molar-refractivity contribution in [3.63, 3.8) is 0 Å². The molecular weight excluding hydrogens is 194 g/mol. The molecule has 0 rings (SSSR count). The van der Waals surface area contributed by atoms with E-state index in [1.54, 1.807) is 0 Å². The highest BCUT2D eigenvalue weighted by Crippen LogP contribution is 2.03. The molecule has 0 heterocycles. The summed E-state index contributed by atoms with van der Waals surface area (Å²) in [6.45, 7) is 9.67. The highest BCUT2D eigenvalue weighted by atomic mass is 16.5. The maximum absolute atomic E-state index is 5.99. The molecule has 0 aromatic heterocycles. The van der Waals surface area contributed by atoms with Crippen LogP contribution < -0.4 is 16.8 Å². The number of hydrogen-bond donors (Lipinski definition) is 3. The van der Waals surface area contributed by atoms with E-state index in [1.807, 2.05) is 27.7 Å². The number of rotatable bonds is 8. The van der Waals surface area contributed by atoms with E-state index in [9.17, 15) is 0 Å². The molecule has 0 fully saturated rings. The van der Waals surface area contributed by atoms with E-state index in [1.165, 1.54) is 0 Å². The van der Waals surface area contributed by atoms with Crippen molar-refractivity contribution in [3.05, 3.63) is 0 Å². The van der Waals surface area contributed by atoms with Gasteiger partial charge in [-0.1, -0.05) is 0 Å².